The van der Waals surface area contributed by atoms with Crippen LogP contribution in [-0.4, -0.2) is 16.1 Å². The van der Waals surface area contributed by atoms with Crippen molar-refractivity contribution in [1.82, 2.24) is 4.98 Å². The minimum absolute atomic E-state index is 0.254. The second-order valence-corrected chi connectivity index (χ2v) is 2.87. The molecule has 1 aromatic heterocycles. The number of rotatable bonds is 2. The molecule has 1 N–H and O–H groups in total. The van der Waals surface area contributed by atoms with Crippen LogP contribution in [0.2, 0.25) is 0 Å². The highest BCUT2D eigenvalue weighted by molar-refractivity contribution is 5.87. The highest BCUT2D eigenvalue weighted by Gasteiger charge is 2.38. The van der Waals surface area contributed by atoms with Crippen molar-refractivity contribution in [2.45, 2.75) is 12.6 Å². The van der Waals surface area contributed by atoms with E-state index in [1.54, 1.807) is 0 Å². The van der Waals surface area contributed by atoms with Crippen molar-refractivity contribution in [2.75, 3.05) is 0 Å². The van der Waals surface area contributed by atoms with Crippen LogP contribution in [-0.2, 0) is 6.18 Å². The van der Waals surface area contributed by atoms with Gasteiger partial charge < -0.3 is 5.11 Å². The first-order chi connectivity index (χ1) is 7.64. The van der Waals surface area contributed by atoms with Crippen LogP contribution < -0.4 is 0 Å². The molecule has 0 bridgehead atoms. The van der Waals surface area contributed by atoms with Gasteiger partial charge in [0.05, 0.1) is 11.1 Å². The molecule has 0 aliphatic rings. The van der Waals surface area contributed by atoms with E-state index in [1.807, 2.05) is 0 Å². The molecule has 0 aromatic carbocycles. The molecule has 1 heterocycles. The fourth-order valence-electron chi connectivity index (χ4n) is 1.04. The molecule has 0 saturated heterocycles. The first-order valence-electron chi connectivity index (χ1n) is 3.93. The van der Waals surface area contributed by atoms with Crippen molar-refractivity contribution in [3.05, 3.63) is 28.8 Å². The van der Waals surface area contributed by atoms with Crippen molar-refractivity contribution in [3.63, 3.8) is 0 Å². The molecule has 0 atom stereocenters. The van der Waals surface area contributed by atoms with E-state index in [1.165, 1.54) is 0 Å². The maximum atomic E-state index is 12.8. The first kappa shape index (κ1) is 13.3. The minimum atomic E-state index is -5.21. The van der Waals surface area contributed by atoms with Crippen LogP contribution >= 0.6 is 0 Å². The van der Waals surface area contributed by atoms with Crippen molar-refractivity contribution in [1.29, 1.82) is 0 Å². The summed E-state index contributed by atoms with van der Waals surface area (Å²) < 4.78 is 74.0. The van der Waals surface area contributed by atoms with E-state index in [9.17, 15) is 31.1 Å². The summed E-state index contributed by atoms with van der Waals surface area (Å²) in [5.41, 5.74) is -5.16. The number of nitrogens with zero attached hydrogens (tertiary/aromatic N) is 1. The fraction of sp³-hybridized carbons (Fsp3) is 0.250. The molecule has 0 aliphatic carbocycles. The van der Waals surface area contributed by atoms with Gasteiger partial charge in [-0.2, -0.15) is 17.6 Å². The van der Waals surface area contributed by atoms with E-state index >= 15 is 0 Å². The molecule has 0 amide bonds. The summed E-state index contributed by atoms with van der Waals surface area (Å²) in [4.78, 5) is 12.8. The van der Waals surface area contributed by atoms with E-state index in [2.05, 4.69) is 4.98 Å². The molecular formula is C8H3F6NO2. The number of hydrogen-bond donors (Lipinski definition) is 1. The average molecular weight is 259 g/mol. The number of carboxylic acid groups (broad SMARTS) is 1. The van der Waals surface area contributed by atoms with Crippen molar-refractivity contribution in [2.24, 2.45) is 0 Å². The molecule has 0 saturated carbocycles. The molecule has 3 nitrogen and oxygen atoms in total. The Bertz CT molecular complexity index is 456. The molecule has 1 aromatic rings. The SMILES string of the molecule is O=C(O)c1nc(F)c(C(F)F)cc1C(F)(F)F. The summed E-state index contributed by atoms with van der Waals surface area (Å²) >= 11 is 0. The van der Waals surface area contributed by atoms with E-state index in [4.69, 9.17) is 5.11 Å². The quantitative estimate of drug-likeness (QED) is 0.656. The van der Waals surface area contributed by atoms with Gasteiger partial charge in [0.25, 0.3) is 6.43 Å². The van der Waals surface area contributed by atoms with Crippen LogP contribution in [0.15, 0.2) is 6.07 Å². The lowest BCUT2D eigenvalue weighted by molar-refractivity contribution is -0.138. The Labute approximate surface area is 89.7 Å². The minimum Gasteiger partial charge on any atom is -0.476 e. The fourth-order valence-corrected chi connectivity index (χ4v) is 1.04. The molecule has 94 valence electrons. The maximum absolute atomic E-state index is 12.8. The van der Waals surface area contributed by atoms with Gasteiger partial charge in [0, 0.05) is 0 Å². The van der Waals surface area contributed by atoms with Crippen molar-refractivity contribution in [3.8, 4) is 0 Å². The maximum Gasteiger partial charge on any atom is 0.418 e. The lowest BCUT2D eigenvalue weighted by Crippen LogP contribution is -2.17. The smallest absolute Gasteiger partial charge is 0.418 e. The van der Waals surface area contributed by atoms with Crippen molar-refractivity contribution < 1.29 is 36.2 Å². The zero-order chi connectivity index (χ0) is 13.4. The van der Waals surface area contributed by atoms with E-state index in [0.29, 0.717) is 0 Å². The summed E-state index contributed by atoms with van der Waals surface area (Å²) in [7, 11) is 0. The van der Waals surface area contributed by atoms with E-state index in [0.717, 1.165) is 0 Å². The van der Waals surface area contributed by atoms with Gasteiger partial charge >= 0.3 is 12.1 Å². The number of alkyl halides is 5. The molecule has 0 spiro atoms. The molecule has 1 rings (SSSR count). The van der Waals surface area contributed by atoms with Gasteiger partial charge in [-0.05, 0) is 6.07 Å². The van der Waals surface area contributed by atoms with Crippen LogP contribution in [0.4, 0.5) is 26.3 Å². The van der Waals surface area contributed by atoms with Gasteiger partial charge in [-0.3, -0.25) is 0 Å². The van der Waals surface area contributed by atoms with Crippen molar-refractivity contribution >= 4 is 5.97 Å². The Morgan fingerprint density at radius 1 is 1.35 bits per heavy atom. The highest BCUT2D eigenvalue weighted by Crippen LogP contribution is 2.34. The number of aromatic nitrogens is 1. The van der Waals surface area contributed by atoms with E-state index in [-0.39, 0.29) is 6.07 Å². The lowest BCUT2D eigenvalue weighted by atomic mass is 10.1. The largest absolute Gasteiger partial charge is 0.476 e. The Morgan fingerprint density at radius 2 is 1.88 bits per heavy atom. The second-order valence-electron chi connectivity index (χ2n) is 2.87. The normalized spacial score (nSPS) is 11.9. The van der Waals surface area contributed by atoms with Crippen LogP contribution in [0.25, 0.3) is 0 Å². The zero-order valence-electron chi connectivity index (χ0n) is 7.73. The first-order valence-corrected chi connectivity index (χ1v) is 3.93. The van der Waals surface area contributed by atoms with Crippen LogP contribution in [0.5, 0.6) is 0 Å². The molecule has 0 aliphatic heterocycles. The van der Waals surface area contributed by atoms with E-state index < -0.39 is 41.3 Å². The number of carboxylic acids is 1. The number of halogens is 6. The Kier molecular flexibility index (Phi) is 3.30. The van der Waals surface area contributed by atoms with Gasteiger partial charge in [-0.25, -0.2) is 18.6 Å². The van der Waals surface area contributed by atoms with Gasteiger partial charge in [-0.1, -0.05) is 0 Å². The third-order valence-electron chi connectivity index (χ3n) is 1.75. The predicted molar refractivity (Wildman–Crippen MR) is 41.1 cm³/mol. The van der Waals surface area contributed by atoms with Crippen LogP contribution in [0, 0.1) is 5.95 Å². The third kappa shape index (κ3) is 2.66. The van der Waals surface area contributed by atoms with Crippen LogP contribution in [0.3, 0.4) is 0 Å². The molecule has 0 radical (unpaired) electrons. The Hall–Kier alpha value is -1.80. The molecule has 17 heavy (non-hydrogen) atoms. The van der Waals surface area contributed by atoms with Gasteiger partial charge in [0.1, 0.15) is 0 Å². The number of carbonyl (C=O) groups is 1. The van der Waals surface area contributed by atoms with Gasteiger partial charge in [0.2, 0.25) is 5.95 Å². The number of pyridine rings is 1. The monoisotopic (exact) mass is 259 g/mol. The Morgan fingerprint density at radius 3 is 2.24 bits per heavy atom. The summed E-state index contributed by atoms with van der Waals surface area (Å²) in [6.45, 7) is 0. The van der Waals surface area contributed by atoms with Gasteiger partial charge in [-0.15, -0.1) is 0 Å². The predicted octanol–water partition coefficient (Wildman–Crippen LogP) is 2.88. The Balaban J connectivity index is 3.54. The molecule has 0 fully saturated rings. The molecule has 0 unspecified atom stereocenters. The summed E-state index contributed by atoms with van der Waals surface area (Å²) in [6, 6.07) is -0.254. The third-order valence-corrected chi connectivity index (χ3v) is 1.75. The standard InChI is InChI=1S/C8H3F6NO2/c9-5(10)2-1-3(8(12,13)14)4(7(16)17)15-6(2)11/h1,5H,(H,16,17). The summed E-state index contributed by atoms with van der Waals surface area (Å²) in [6.07, 6.45) is -8.73. The summed E-state index contributed by atoms with van der Waals surface area (Å²) in [5, 5.41) is 8.37. The van der Waals surface area contributed by atoms with Crippen LogP contribution in [0.1, 0.15) is 28.0 Å². The average Bonchev–Trinajstić information content (AvgIpc) is 2.14. The second kappa shape index (κ2) is 4.22. The zero-order valence-corrected chi connectivity index (χ0v) is 7.73. The highest BCUT2D eigenvalue weighted by atomic mass is 19.4. The van der Waals surface area contributed by atoms with Gasteiger partial charge in [0.15, 0.2) is 5.69 Å². The summed E-state index contributed by atoms with van der Waals surface area (Å²) in [5.74, 6) is -4.09. The number of hydrogen-bond acceptors (Lipinski definition) is 2. The molecular weight excluding hydrogens is 256 g/mol. The lowest BCUT2D eigenvalue weighted by Gasteiger charge is -2.11. The molecule has 9 heteroatoms. The topological polar surface area (TPSA) is 50.2 Å². The number of aromatic carboxylic acids is 1.